The Balaban J connectivity index is 1.81. The van der Waals surface area contributed by atoms with E-state index in [0.29, 0.717) is 0 Å². The summed E-state index contributed by atoms with van der Waals surface area (Å²) in [5.41, 5.74) is 3.79. The van der Waals surface area contributed by atoms with Crippen molar-refractivity contribution in [2.75, 3.05) is 6.61 Å². The average Bonchev–Trinajstić information content (AvgIpc) is 2.72. The van der Waals surface area contributed by atoms with Crippen molar-refractivity contribution in [1.82, 2.24) is 0 Å². The number of hydrogen-bond acceptors (Lipinski definition) is 3. The SMILES string of the molecule is CCCCOC=Cc1ccc2c(c1)SCc1ccccc1C2=O. The molecular weight excluding hydrogens is 304 g/mol. The van der Waals surface area contributed by atoms with E-state index in [-0.39, 0.29) is 5.78 Å². The molecule has 0 atom stereocenters. The molecule has 0 saturated carbocycles. The van der Waals surface area contributed by atoms with Crippen molar-refractivity contribution in [3.05, 3.63) is 71.0 Å². The Morgan fingerprint density at radius 2 is 2.04 bits per heavy atom. The first kappa shape index (κ1) is 15.9. The number of fused-ring (bicyclic) bond motifs is 2. The summed E-state index contributed by atoms with van der Waals surface area (Å²) in [5.74, 6) is 0.949. The lowest BCUT2D eigenvalue weighted by Crippen LogP contribution is -2.03. The van der Waals surface area contributed by atoms with E-state index in [0.717, 1.165) is 52.4 Å². The van der Waals surface area contributed by atoms with E-state index in [1.807, 2.05) is 42.5 Å². The summed E-state index contributed by atoms with van der Waals surface area (Å²) in [4.78, 5) is 13.8. The monoisotopic (exact) mass is 324 g/mol. The first-order valence-electron chi connectivity index (χ1n) is 7.97. The summed E-state index contributed by atoms with van der Waals surface area (Å²) in [6, 6.07) is 13.9. The lowest BCUT2D eigenvalue weighted by Gasteiger charge is -2.05. The van der Waals surface area contributed by atoms with Crippen molar-refractivity contribution in [2.45, 2.75) is 30.4 Å². The predicted octanol–water partition coefficient (Wildman–Crippen LogP) is 5.31. The van der Waals surface area contributed by atoms with Crippen LogP contribution in [-0.4, -0.2) is 12.4 Å². The lowest BCUT2D eigenvalue weighted by molar-refractivity contribution is 0.103. The van der Waals surface area contributed by atoms with Crippen LogP contribution in [-0.2, 0) is 10.5 Å². The van der Waals surface area contributed by atoms with Gasteiger partial charge in [0.15, 0.2) is 5.78 Å². The summed E-state index contributed by atoms with van der Waals surface area (Å²) in [7, 11) is 0. The third kappa shape index (κ3) is 3.67. The Morgan fingerprint density at radius 3 is 2.91 bits per heavy atom. The quantitative estimate of drug-likeness (QED) is 0.550. The third-order valence-electron chi connectivity index (χ3n) is 3.87. The van der Waals surface area contributed by atoms with Gasteiger partial charge in [-0.05, 0) is 35.8 Å². The van der Waals surface area contributed by atoms with Crippen LogP contribution < -0.4 is 0 Å². The van der Waals surface area contributed by atoms with Crippen molar-refractivity contribution in [3.63, 3.8) is 0 Å². The highest BCUT2D eigenvalue weighted by atomic mass is 32.2. The molecule has 0 N–H and O–H groups in total. The first-order chi connectivity index (χ1) is 11.3. The molecule has 0 bridgehead atoms. The molecule has 0 fully saturated rings. The van der Waals surface area contributed by atoms with E-state index in [1.165, 1.54) is 0 Å². The molecule has 0 aliphatic carbocycles. The van der Waals surface area contributed by atoms with Gasteiger partial charge in [-0.15, -0.1) is 11.8 Å². The number of ketones is 1. The van der Waals surface area contributed by atoms with Crippen LogP contribution in [0.5, 0.6) is 0 Å². The van der Waals surface area contributed by atoms with Gasteiger partial charge < -0.3 is 4.74 Å². The topological polar surface area (TPSA) is 26.3 Å². The van der Waals surface area contributed by atoms with Crippen LogP contribution >= 0.6 is 11.8 Å². The summed E-state index contributed by atoms with van der Waals surface area (Å²) in [6.07, 6.45) is 5.90. The summed E-state index contributed by atoms with van der Waals surface area (Å²) >= 11 is 1.72. The maximum atomic E-state index is 12.7. The van der Waals surface area contributed by atoms with Crippen LogP contribution in [0.1, 0.15) is 46.8 Å². The molecule has 23 heavy (non-hydrogen) atoms. The predicted molar refractivity (Wildman–Crippen MR) is 95.8 cm³/mol. The van der Waals surface area contributed by atoms with Crippen LogP contribution in [0.3, 0.4) is 0 Å². The standard InChI is InChI=1S/C20H20O2S/c1-2-3-11-22-12-10-15-8-9-18-19(13-15)23-14-16-6-4-5-7-17(16)20(18)21/h4-10,12-13H,2-3,11,14H2,1H3. The molecule has 1 heterocycles. The highest BCUT2D eigenvalue weighted by Crippen LogP contribution is 2.34. The van der Waals surface area contributed by atoms with Gasteiger partial charge in [0.05, 0.1) is 12.9 Å². The van der Waals surface area contributed by atoms with Crippen LogP contribution in [0.15, 0.2) is 53.6 Å². The van der Waals surface area contributed by atoms with Crippen molar-refractivity contribution < 1.29 is 9.53 Å². The molecule has 3 heteroatoms. The Kier molecular flexibility index (Phi) is 5.19. The van der Waals surface area contributed by atoms with Gasteiger partial charge in [-0.2, -0.15) is 0 Å². The van der Waals surface area contributed by atoms with Gasteiger partial charge in [-0.3, -0.25) is 4.79 Å². The van der Waals surface area contributed by atoms with E-state index >= 15 is 0 Å². The van der Waals surface area contributed by atoms with Crippen LogP contribution in [0.4, 0.5) is 0 Å². The zero-order valence-corrected chi connectivity index (χ0v) is 14.1. The molecule has 0 radical (unpaired) electrons. The second kappa shape index (κ2) is 7.51. The molecule has 0 saturated heterocycles. The summed E-state index contributed by atoms with van der Waals surface area (Å²) in [5, 5.41) is 0. The van der Waals surface area contributed by atoms with Crippen molar-refractivity contribution in [2.24, 2.45) is 0 Å². The molecule has 1 aliphatic rings. The van der Waals surface area contributed by atoms with E-state index in [1.54, 1.807) is 18.0 Å². The largest absolute Gasteiger partial charge is 0.501 e. The Morgan fingerprint density at radius 1 is 1.17 bits per heavy atom. The summed E-state index contributed by atoms with van der Waals surface area (Å²) in [6.45, 7) is 2.90. The maximum Gasteiger partial charge on any atom is 0.194 e. The second-order valence-corrected chi connectivity index (χ2v) is 6.57. The van der Waals surface area contributed by atoms with Gasteiger partial charge in [-0.25, -0.2) is 0 Å². The molecule has 2 aromatic carbocycles. The Hall–Kier alpha value is -2.00. The zero-order chi connectivity index (χ0) is 16.1. The summed E-state index contributed by atoms with van der Waals surface area (Å²) < 4.78 is 5.46. The first-order valence-corrected chi connectivity index (χ1v) is 8.95. The van der Waals surface area contributed by atoms with Gasteiger partial charge in [0.1, 0.15) is 0 Å². The number of unbranched alkanes of at least 4 members (excludes halogenated alkanes) is 1. The minimum atomic E-state index is 0.121. The van der Waals surface area contributed by atoms with E-state index in [9.17, 15) is 4.79 Å². The number of ether oxygens (including phenoxy) is 1. The number of hydrogen-bond donors (Lipinski definition) is 0. The number of carbonyl (C=O) groups is 1. The normalized spacial score (nSPS) is 13.5. The van der Waals surface area contributed by atoms with Gasteiger partial charge in [0.2, 0.25) is 0 Å². The molecule has 118 valence electrons. The van der Waals surface area contributed by atoms with Crippen LogP contribution in [0, 0.1) is 0 Å². The second-order valence-electron chi connectivity index (χ2n) is 5.56. The van der Waals surface area contributed by atoms with Gasteiger partial charge in [-0.1, -0.05) is 43.7 Å². The lowest BCUT2D eigenvalue weighted by atomic mass is 9.98. The van der Waals surface area contributed by atoms with E-state index in [4.69, 9.17) is 4.74 Å². The maximum absolute atomic E-state index is 12.7. The fraction of sp³-hybridized carbons (Fsp3) is 0.250. The van der Waals surface area contributed by atoms with Crippen molar-refractivity contribution >= 4 is 23.6 Å². The molecule has 2 nitrogen and oxygen atoms in total. The number of thioether (sulfide) groups is 1. The molecule has 0 unspecified atom stereocenters. The van der Waals surface area contributed by atoms with Gasteiger partial charge in [0.25, 0.3) is 0 Å². The van der Waals surface area contributed by atoms with Crippen LogP contribution in [0.2, 0.25) is 0 Å². The smallest absolute Gasteiger partial charge is 0.194 e. The number of carbonyl (C=O) groups excluding carboxylic acids is 1. The number of benzene rings is 2. The highest BCUT2D eigenvalue weighted by Gasteiger charge is 2.21. The fourth-order valence-electron chi connectivity index (χ4n) is 2.54. The molecule has 2 aromatic rings. The van der Waals surface area contributed by atoms with Crippen molar-refractivity contribution in [3.8, 4) is 0 Å². The van der Waals surface area contributed by atoms with E-state index in [2.05, 4.69) is 13.0 Å². The van der Waals surface area contributed by atoms with Crippen molar-refractivity contribution in [1.29, 1.82) is 0 Å². The minimum Gasteiger partial charge on any atom is -0.501 e. The van der Waals surface area contributed by atoms with Gasteiger partial charge in [0, 0.05) is 21.8 Å². The highest BCUT2D eigenvalue weighted by molar-refractivity contribution is 7.98. The minimum absolute atomic E-state index is 0.121. The zero-order valence-electron chi connectivity index (χ0n) is 13.2. The van der Waals surface area contributed by atoms with E-state index < -0.39 is 0 Å². The molecule has 1 aliphatic heterocycles. The van der Waals surface area contributed by atoms with Gasteiger partial charge >= 0.3 is 0 Å². The fourth-order valence-corrected chi connectivity index (χ4v) is 3.64. The molecule has 0 spiro atoms. The van der Waals surface area contributed by atoms with Crippen LogP contribution in [0.25, 0.3) is 6.08 Å². The average molecular weight is 324 g/mol. The third-order valence-corrected chi connectivity index (χ3v) is 4.97. The molecular formula is C20H20O2S. The molecule has 3 rings (SSSR count). The molecule has 0 aromatic heterocycles. The Bertz CT molecular complexity index is 734. The molecule has 0 amide bonds. The Labute approximate surface area is 141 Å². The number of rotatable bonds is 5.